The lowest BCUT2D eigenvalue weighted by molar-refractivity contribution is -0.118. The average Bonchev–Trinajstić information content (AvgIpc) is 2.87. The maximum Gasteiger partial charge on any atom is 0.337 e. The quantitative estimate of drug-likeness (QED) is 0.659. The number of nitrogens with one attached hydrogen (secondary N) is 1. The molecular formula is C14H15ClN2O3. The summed E-state index contributed by atoms with van der Waals surface area (Å²) in [6.07, 6.45) is 4.15. The molecule has 0 saturated heterocycles. The largest absolute Gasteiger partial charge is 0.465 e. The maximum absolute atomic E-state index is 12.1. The molecule has 0 fully saturated rings. The van der Waals surface area contributed by atoms with Crippen LogP contribution in [0.2, 0.25) is 5.02 Å². The Kier molecular flexibility index (Phi) is 4.42. The van der Waals surface area contributed by atoms with Gasteiger partial charge < -0.3 is 15.8 Å². The average molecular weight is 295 g/mol. The smallest absolute Gasteiger partial charge is 0.337 e. The Labute approximate surface area is 121 Å². The van der Waals surface area contributed by atoms with Crippen LogP contribution < -0.4 is 11.1 Å². The van der Waals surface area contributed by atoms with Crippen molar-refractivity contribution < 1.29 is 14.3 Å². The van der Waals surface area contributed by atoms with Crippen molar-refractivity contribution in [1.82, 2.24) is 0 Å². The zero-order chi connectivity index (χ0) is 14.7. The summed E-state index contributed by atoms with van der Waals surface area (Å²) in [5, 5.41) is 3.07. The SMILES string of the molecule is COC(=O)c1ccc(Cl)c(NC(=O)C2C=CC(N)C2)c1. The molecular weight excluding hydrogens is 280 g/mol. The Morgan fingerprint density at radius 2 is 2.15 bits per heavy atom. The normalized spacial score (nSPS) is 20.8. The minimum absolute atomic E-state index is 0.0948. The van der Waals surface area contributed by atoms with Crippen LogP contribution in [0.3, 0.4) is 0 Å². The summed E-state index contributed by atoms with van der Waals surface area (Å²) in [5.74, 6) is -0.957. The zero-order valence-corrected chi connectivity index (χ0v) is 11.7. The van der Waals surface area contributed by atoms with Gasteiger partial charge in [-0.3, -0.25) is 4.79 Å². The van der Waals surface area contributed by atoms with Crippen LogP contribution in [0.25, 0.3) is 0 Å². The third kappa shape index (κ3) is 3.18. The van der Waals surface area contributed by atoms with Crippen LogP contribution in [0.5, 0.6) is 0 Å². The number of halogens is 1. The van der Waals surface area contributed by atoms with E-state index in [1.54, 1.807) is 18.2 Å². The summed E-state index contributed by atoms with van der Waals surface area (Å²) in [4.78, 5) is 23.5. The summed E-state index contributed by atoms with van der Waals surface area (Å²) < 4.78 is 4.63. The lowest BCUT2D eigenvalue weighted by atomic mass is 10.1. The zero-order valence-electron chi connectivity index (χ0n) is 10.9. The van der Waals surface area contributed by atoms with E-state index in [0.717, 1.165) is 0 Å². The summed E-state index contributed by atoms with van der Waals surface area (Å²) in [7, 11) is 1.29. The van der Waals surface area contributed by atoms with Gasteiger partial charge in [-0.25, -0.2) is 4.79 Å². The first-order valence-corrected chi connectivity index (χ1v) is 6.51. The lowest BCUT2D eigenvalue weighted by Gasteiger charge is -2.12. The third-order valence-corrected chi connectivity index (χ3v) is 3.43. The first-order chi connectivity index (χ1) is 9.51. The molecule has 0 heterocycles. The number of amides is 1. The summed E-state index contributed by atoms with van der Waals surface area (Å²) >= 11 is 6.01. The fourth-order valence-corrected chi connectivity index (χ4v) is 2.18. The second-order valence-electron chi connectivity index (χ2n) is 4.57. The van der Waals surface area contributed by atoms with Gasteiger partial charge in [-0.1, -0.05) is 23.8 Å². The second kappa shape index (κ2) is 6.07. The Morgan fingerprint density at radius 3 is 2.75 bits per heavy atom. The van der Waals surface area contributed by atoms with Crippen molar-refractivity contribution in [3.63, 3.8) is 0 Å². The molecule has 1 amide bonds. The number of rotatable bonds is 3. The molecule has 6 heteroatoms. The molecule has 0 saturated carbocycles. The molecule has 0 aliphatic heterocycles. The number of carbonyl (C=O) groups is 2. The van der Waals surface area contributed by atoms with E-state index in [-0.39, 0.29) is 17.9 Å². The van der Waals surface area contributed by atoms with E-state index in [0.29, 0.717) is 22.7 Å². The Hall–Kier alpha value is -1.85. The number of esters is 1. The Morgan fingerprint density at radius 1 is 1.40 bits per heavy atom. The number of nitrogens with two attached hydrogens (primary N) is 1. The minimum Gasteiger partial charge on any atom is -0.465 e. The van der Waals surface area contributed by atoms with Gasteiger partial charge in [-0.05, 0) is 24.6 Å². The van der Waals surface area contributed by atoms with Crippen molar-refractivity contribution in [2.45, 2.75) is 12.5 Å². The molecule has 0 bridgehead atoms. The molecule has 20 heavy (non-hydrogen) atoms. The predicted octanol–water partition coefficient (Wildman–Crippen LogP) is 1.97. The van der Waals surface area contributed by atoms with E-state index in [1.807, 2.05) is 0 Å². The maximum atomic E-state index is 12.1. The van der Waals surface area contributed by atoms with Gasteiger partial charge in [0, 0.05) is 6.04 Å². The standard InChI is InChI=1S/C14H15ClN2O3/c1-20-14(19)9-3-5-11(15)12(7-9)17-13(18)8-2-4-10(16)6-8/h2-5,7-8,10H,6,16H2,1H3,(H,17,18). The van der Waals surface area contributed by atoms with E-state index in [2.05, 4.69) is 10.1 Å². The fraction of sp³-hybridized carbons (Fsp3) is 0.286. The first-order valence-electron chi connectivity index (χ1n) is 6.14. The van der Waals surface area contributed by atoms with Gasteiger partial charge >= 0.3 is 5.97 Å². The number of carbonyl (C=O) groups excluding carboxylic acids is 2. The van der Waals surface area contributed by atoms with Gasteiger partial charge in [0.05, 0.1) is 29.3 Å². The molecule has 1 aliphatic carbocycles. The van der Waals surface area contributed by atoms with Crippen molar-refractivity contribution in [2.24, 2.45) is 11.7 Å². The number of methoxy groups -OCH3 is 1. The van der Waals surface area contributed by atoms with E-state index in [1.165, 1.54) is 19.2 Å². The first kappa shape index (κ1) is 14.6. The number of anilines is 1. The van der Waals surface area contributed by atoms with Crippen LogP contribution in [-0.4, -0.2) is 25.0 Å². The van der Waals surface area contributed by atoms with Gasteiger partial charge in [0.15, 0.2) is 0 Å². The van der Waals surface area contributed by atoms with Crippen LogP contribution in [0.4, 0.5) is 5.69 Å². The molecule has 0 radical (unpaired) electrons. The van der Waals surface area contributed by atoms with E-state index < -0.39 is 5.97 Å². The monoisotopic (exact) mass is 294 g/mol. The molecule has 1 aliphatic rings. The Balaban J connectivity index is 2.14. The molecule has 0 aromatic heterocycles. The fourth-order valence-electron chi connectivity index (χ4n) is 2.01. The highest BCUT2D eigenvalue weighted by molar-refractivity contribution is 6.33. The van der Waals surface area contributed by atoms with Crippen molar-refractivity contribution in [1.29, 1.82) is 0 Å². The molecule has 106 valence electrons. The molecule has 5 nitrogen and oxygen atoms in total. The highest BCUT2D eigenvalue weighted by atomic mass is 35.5. The van der Waals surface area contributed by atoms with Crippen LogP contribution >= 0.6 is 11.6 Å². The highest BCUT2D eigenvalue weighted by Gasteiger charge is 2.23. The van der Waals surface area contributed by atoms with Crippen molar-refractivity contribution in [3.05, 3.63) is 40.9 Å². The van der Waals surface area contributed by atoms with E-state index in [4.69, 9.17) is 17.3 Å². The van der Waals surface area contributed by atoms with Crippen LogP contribution in [-0.2, 0) is 9.53 Å². The lowest BCUT2D eigenvalue weighted by Crippen LogP contribution is -2.24. The third-order valence-electron chi connectivity index (χ3n) is 3.10. The number of hydrogen-bond acceptors (Lipinski definition) is 4. The van der Waals surface area contributed by atoms with Gasteiger partial charge in [-0.15, -0.1) is 0 Å². The van der Waals surface area contributed by atoms with Gasteiger partial charge in [0.25, 0.3) is 0 Å². The van der Waals surface area contributed by atoms with Crippen LogP contribution in [0.15, 0.2) is 30.4 Å². The molecule has 2 rings (SSSR count). The molecule has 0 spiro atoms. The van der Waals surface area contributed by atoms with Crippen molar-refractivity contribution >= 4 is 29.2 Å². The Bertz CT molecular complexity index is 572. The van der Waals surface area contributed by atoms with Crippen LogP contribution in [0.1, 0.15) is 16.8 Å². The molecule has 1 aromatic carbocycles. The van der Waals surface area contributed by atoms with E-state index in [9.17, 15) is 9.59 Å². The number of benzene rings is 1. The predicted molar refractivity (Wildman–Crippen MR) is 76.6 cm³/mol. The van der Waals surface area contributed by atoms with Crippen LogP contribution in [0, 0.1) is 5.92 Å². The summed E-state index contributed by atoms with van der Waals surface area (Å²) in [6.45, 7) is 0. The second-order valence-corrected chi connectivity index (χ2v) is 4.97. The molecule has 1 aromatic rings. The van der Waals surface area contributed by atoms with Gasteiger partial charge in [-0.2, -0.15) is 0 Å². The molecule has 2 atom stereocenters. The summed E-state index contributed by atoms with van der Waals surface area (Å²) in [6, 6.07) is 4.47. The molecule has 2 unspecified atom stereocenters. The van der Waals surface area contributed by atoms with Gasteiger partial charge in [0.1, 0.15) is 0 Å². The van der Waals surface area contributed by atoms with E-state index >= 15 is 0 Å². The highest BCUT2D eigenvalue weighted by Crippen LogP contribution is 2.25. The topological polar surface area (TPSA) is 81.4 Å². The molecule has 3 N–H and O–H groups in total. The summed E-state index contributed by atoms with van der Waals surface area (Å²) in [5.41, 5.74) is 6.42. The van der Waals surface area contributed by atoms with Crippen molar-refractivity contribution in [3.8, 4) is 0 Å². The van der Waals surface area contributed by atoms with Gasteiger partial charge in [0.2, 0.25) is 5.91 Å². The number of hydrogen-bond donors (Lipinski definition) is 2. The van der Waals surface area contributed by atoms with Crippen molar-refractivity contribution in [2.75, 3.05) is 12.4 Å². The number of ether oxygens (including phenoxy) is 1. The minimum atomic E-state index is -0.486.